The van der Waals surface area contributed by atoms with Gasteiger partial charge in [-0.3, -0.25) is 9.98 Å². The smallest absolute Gasteiger partial charge is 0.545 e. The van der Waals surface area contributed by atoms with Gasteiger partial charge in [-0.05, 0) is 111 Å². The van der Waals surface area contributed by atoms with E-state index in [2.05, 4.69) is 38.1 Å². The van der Waals surface area contributed by atoms with Crippen LogP contribution in [0.4, 0.5) is 11.4 Å². The standard InChI is InChI=1S/C24H32N2.2C10H12O4.Ni/c1-3-5-7-14-20-24(26-22-17-12-9-13-18-22)23(19-6-4-2)25-21-15-10-8-11-16-21;2*1-3-6-4-7(11)9(12)8(5(6)2)10(13)14;/h8-13,15-18H,3-7,14,19-20H2,1-2H3;2*4,11-12H,3H2,1-2H3,(H,13,14);/q;;;+2/p-2. The van der Waals surface area contributed by atoms with E-state index < -0.39 is 34.9 Å². The molecule has 298 valence electrons. The molecule has 0 saturated carbocycles. The molecule has 0 saturated heterocycles. The zero-order chi connectivity index (χ0) is 40.2. The van der Waals surface area contributed by atoms with E-state index in [4.69, 9.17) is 9.98 Å². The Bertz CT molecular complexity index is 1800. The van der Waals surface area contributed by atoms with Crippen molar-refractivity contribution in [1.82, 2.24) is 0 Å². The predicted octanol–water partition coefficient (Wildman–Crippen LogP) is 8.35. The van der Waals surface area contributed by atoms with Crippen LogP contribution in [0.25, 0.3) is 0 Å². The Hall–Kier alpha value is -5.15. The maximum Gasteiger partial charge on any atom is 2.00 e. The number of aromatic carboxylic acids is 2. The molecule has 4 aromatic carbocycles. The third-order valence-electron chi connectivity index (χ3n) is 8.87. The maximum absolute atomic E-state index is 10.7. The van der Waals surface area contributed by atoms with Crippen molar-refractivity contribution in [2.45, 2.75) is 106 Å². The number of carbonyl (C=O) groups is 2. The molecular formula is C44H54N2NiO8. The summed E-state index contributed by atoms with van der Waals surface area (Å²) in [6.45, 7) is 11.3. The van der Waals surface area contributed by atoms with Crippen molar-refractivity contribution < 1.29 is 56.7 Å². The van der Waals surface area contributed by atoms with Gasteiger partial charge in [-0.2, -0.15) is 0 Å². The number of carboxylic acids is 2. The van der Waals surface area contributed by atoms with Gasteiger partial charge in [0.25, 0.3) is 0 Å². The Morgan fingerprint density at radius 2 is 0.927 bits per heavy atom. The van der Waals surface area contributed by atoms with Gasteiger partial charge in [0, 0.05) is 11.1 Å². The molecule has 10 nitrogen and oxygen atoms in total. The summed E-state index contributed by atoms with van der Waals surface area (Å²) < 4.78 is 0. The fraction of sp³-hybridized carbons (Fsp3) is 0.364. The summed E-state index contributed by atoms with van der Waals surface area (Å²) in [5.74, 6) is -5.06. The molecule has 4 aromatic rings. The van der Waals surface area contributed by atoms with E-state index in [-0.39, 0.29) is 27.6 Å². The fourth-order valence-corrected chi connectivity index (χ4v) is 5.76. The van der Waals surface area contributed by atoms with Crippen molar-refractivity contribution in [3.05, 3.63) is 106 Å². The SMILES string of the molecule is CCCCCCC(=Nc1ccccc1)C(CCCC)=Nc1ccccc1.CCc1cc(O)c(O)c(C(=O)[O-])c1C.CCc1cc(O)c(O)c(C(=O)[O-])c1C.[Ni+2]. The number of carboxylic acid groups (broad SMARTS) is 2. The van der Waals surface area contributed by atoms with Crippen LogP contribution >= 0.6 is 0 Å². The van der Waals surface area contributed by atoms with E-state index in [0.29, 0.717) is 35.1 Å². The number of para-hydroxylation sites is 2. The van der Waals surface area contributed by atoms with Crippen molar-refractivity contribution in [2.24, 2.45) is 9.98 Å². The van der Waals surface area contributed by atoms with Crippen molar-refractivity contribution in [3.8, 4) is 23.0 Å². The van der Waals surface area contributed by atoms with Gasteiger partial charge in [-0.15, -0.1) is 0 Å². The van der Waals surface area contributed by atoms with Gasteiger partial charge >= 0.3 is 16.5 Å². The largest absolute Gasteiger partial charge is 2.00 e. The van der Waals surface area contributed by atoms with E-state index >= 15 is 0 Å². The van der Waals surface area contributed by atoms with Gasteiger partial charge in [0.05, 0.1) is 34.7 Å². The van der Waals surface area contributed by atoms with Crippen LogP contribution in [0.5, 0.6) is 23.0 Å². The quantitative estimate of drug-likeness (QED) is 0.0400. The Balaban J connectivity index is 0.000000444. The van der Waals surface area contributed by atoms with Crippen molar-refractivity contribution in [2.75, 3.05) is 0 Å². The zero-order valence-corrected chi connectivity index (χ0v) is 33.6. The third-order valence-corrected chi connectivity index (χ3v) is 8.87. The molecule has 0 aliphatic carbocycles. The van der Waals surface area contributed by atoms with E-state index in [1.54, 1.807) is 13.8 Å². The average Bonchev–Trinajstić information content (AvgIpc) is 3.15. The third kappa shape index (κ3) is 14.9. The summed E-state index contributed by atoms with van der Waals surface area (Å²) in [4.78, 5) is 31.3. The van der Waals surface area contributed by atoms with Crippen LogP contribution in [-0.2, 0) is 29.3 Å². The molecule has 0 aromatic heterocycles. The number of hydrogen-bond donors (Lipinski definition) is 4. The monoisotopic (exact) mass is 796 g/mol. The van der Waals surface area contributed by atoms with Gasteiger partial charge in [0.15, 0.2) is 23.0 Å². The summed E-state index contributed by atoms with van der Waals surface area (Å²) in [6.07, 6.45) is 10.5. The summed E-state index contributed by atoms with van der Waals surface area (Å²) in [7, 11) is 0. The number of benzene rings is 4. The first-order valence-electron chi connectivity index (χ1n) is 18.6. The second-order valence-electron chi connectivity index (χ2n) is 12.8. The number of aryl methyl sites for hydroxylation is 2. The van der Waals surface area contributed by atoms with Crippen LogP contribution < -0.4 is 10.2 Å². The number of carbonyl (C=O) groups excluding carboxylic acids is 2. The van der Waals surface area contributed by atoms with Crippen molar-refractivity contribution in [3.63, 3.8) is 0 Å². The minimum Gasteiger partial charge on any atom is -0.545 e. The van der Waals surface area contributed by atoms with Gasteiger partial charge < -0.3 is 40.2 Å². The molecule has 55 heavy (non-hydrogen) atoms. The second-order valence-corrected chi connectivity index (χ2v) is 12.8. The molecular weight excluding hydrogens is 743 g/mol. The predicted molar refractivity (Wildman–Crippen MR) is 212 cm³/mol. The van der Waals surface area contributed by atoms with Crippen LogP contribution in [0.3, 0.4) is 0 Å². The summed E-state index contributed by atoms with van der Waals surface area (Å²) in [5.41, 5.74) is 5.92. The molecule has 0 bridgehead atoms. The first kappa shape index (κ1) is 47.9. The Morgan fingerprint density at radius 3 is 1.25 bits per heavy atom. The minimum atomic E-state index is -1.48. The topological polar surface area (TPSA) is 186 Å². The Kier molecular flexibility index (Phi) is 21.8. The van der Waals surface area contributed by atoms with Crippen LogP contribution in [-0.4, -0.2) is 43.8 Å². The van der Waals surface area contributed by atoms with Gasteiger partial charge in [-0.25, -0.2) is 0 Å². The molecule has 0 spiro atoms. The van der Waals surface area contributed by atoms with Crippen molar-refractivity contribution >= 4 is 34.7 Å². The molecule has 0 unspecified atom stereocenters. The number of rotatable bonds is 15. The first-order chi connectivity index (χ1) is 25.8. The molecule has 0 radical (unpaired) electrons. The molecule has 4 N–H and O–H groups in total. The maximum atomic E-state index is 10.7. The number of unbranched alkanes of at least 4 members (excludes halogenated alkanes) is 4. The van der Waals surface area contributed by atoms with Crippen molar-refractivity contribution in [1.29, 1.82) is 0 Å². The molecule has 0 aliphatic rings. The normalized spacial score (nSPS) is 11.0. The summed E-state index contributed by atoms with van der Waals surface area (Å²) in [5, 5.41) is 58.4. The number of aromatic hydroxyl groups is 4. The van der Waals surface area contributed by atoms with Gasteiger partial charge in [0.1, 0.15) is 0 Å². The zero-order valence-electron chi connectivity index (χ0n) is 32.6. The Morgan fingerprint density at radius 1 is 0.564 bits per heavy atom. The van der Waals surface area contributed by atoms with E-state index in [1.807, 2.05) is 50.2 Å². The molecule has 0 amide bonds. The first-order valence-corrected chi connectivity index (χ1v) is 18.6. The number of phenolic OH excluding ortho intramolecular Hbond substituents is 2. The van der Waals surface area contributed by atoms with Gasteiger partial charge in [0.2, 0.25) is 0 Å². The van der Waals surface area contributed by atoms with Crippen LogP contribution in [0.15, 0.2) is 82.8 Å². The Labute approximate surface area is 335 Å². The minimum absolute atomic E-state index is 0. The molecule has 11 heteroatoms. The van der Waals surface area contributed by atoms with E-state index in [1.165, 1.54) is 44.2 Å². The number of phenols is 4. The van der Waals surface area contributed by atoms with E-state index in [9.17, 15) is 40.2 Å². The van der Waals surface area contributed by atoms with Crippen LogP contribution in [0.1, 0.15) is 122 Å². The molecule has 0 fully saturated rings. The van der Waals surface area contributed by atoms with Gasteiger partial charge in [-0.1, -0.05) is 89.8 Å². The summed E-state index contributed by atoms with van der Waals surface area (Å²) in [6, 6.07) is 23.3. The second kappa shape index (κ2) is 25.0. The summed E-state index contributed by atoms with van der Waals surface area (Å²) >= 11 is 0. The van der Waals surface area contributed by atoms with Crippen LogP contribution in [0, 0.1) is 13.8 Å². The number of aliphatic imine (C=N–C) groups is 2. The molecule has 0 atom stereocenters. The van der Waals surface area contributed by atoms with E-state index in [0.717, 1.165) is 42.1 Å². The number of hydrogen-bond acceptors (Lipinski definition) is 10. The molecule has 4 rings (SSSR count). The van der Waals surface area contributed by atoms with Crippen LogP contribution in [0.2, 0.25) is 0 Å². The average molecular weight is 798 g/mol. The number of nitrogens with zero attached hydrogens (tertiary/aromatic N) is 2. The fourth-order valence-electron chi connectivity index (χ4n) is 5.76. The molecule has 0 heterocycles. The molecule has 0 aliphatic heterocycles.